The van der Waals surface area contributed by atoms with Crippen LogP contribution in [0.1, 0.15) is 15.9 Å². The van der Waals surface area contributed by atoms with Gasteiger partial charge in [0.2, 0.25) is 0 Å². The highest BCUT2D eigenvalue weighted by Gasteiger charge is 2.10. The van der Waals surface area contributed by atoms with Crippen LogP contribution in [-0.2, 0) is 4.65 Å². The summed E-state index contributed by atoms with van der Waals surface area (Å²) in [5.41, 5.74) is 1.48. The zero-order chi connectivity index (χ0) is 20.2. The van der Waals surface area contributed by atoms with Gasteiger partial charge in [-0.15, -0.1) is 0 Å². The van der Waals surface area contributed by atoms with E-state index in [1.54, 1.807) is 37.5 Å². The number of ether oxygens (including phenoxy) is 1. The molecule has 3 nitrogen and oxygen atoms in total. The largest absolute Gasteiger partial charge is 0.564 e. The summed E-state index contributed by atoms with van der Waals surface area (Å²) < 4.78 is 11.0. The zero-order valence-corrected chi connectivity index (χ0v) is 16.5. The molecule has 0 saturated carbocycles. The van der Waals surface area contributed by atoms with Crippen LogP contribution >= 0.6 is 0 Å². The van der Waals surface area contributed by atoms with Gasteiger partial charge in [0.05, 0.1) is 7.11 Å². The second kappa shape index (κ2) is 8.23. The second-order valence-electron chi connectivity index (χ2n) is 6.80. The molecule has 0 amide bonds. The second-order valence-corrected chi connectivity index (χ2v) is 6.80. The van der Waals surface area contributed by atoms with Crippen LogP contribution in [0.5, 0.6) is 5.75 Å². The van der Waals surface area contributed by atoms with Gasteiger partial charge in [-0.1, -0.05) is 43.2 Å². The normalized spacial score (nSPS) is 11.4. The molecule has 0 N–H and O–H groups in total. The SMILES string of the molecule is CBO/C(=C\C(=O)c1ccc(OC)cc1)c1ccc2cc3ccccc3cc2c1. The van der Waals surface area contributed by atoms with Crippen LogP contribution in [-0.4, -0.2) is 20.4 Å². The molecule has 0 aliphatic carbocycles. The maximum atomic E-state index is 12.7. The molecule has 0 radical (unpaired) electrons. The van der Waals surface area contributed by atoms with E-state index in [0.717, 1.165) is 22.1 Å². The van der Waals surface area contributed by atoms with Crippen LogP contribution in [0.25, 0.3) is 27.3 Å². The number of fused-ring (bicyclic) bond motifs is 2. The molecule has 0 saturated heterocycles. The van der Waals surface area contributed by atoms with Crippen LogP contribution in [0.4, 0.5) is 0 Å². The molecule has 4 rings (SSSR count). The Balaban J connectivity index is 1.73. The number of ketones is 1. The van der Waals surface area contributed by atoms with Gasteiger partial charge in [-0.25, -0.2) is 0 Å². The van der Waals surface area contributed by atoms with Crippen molar-refractivity contribution in [1.29, 1.82) is 0 Å². The Labute approximate surface area is 170 Å². The van der Waals surface area contributed by atoms with Crippen molar-refractivity contribution in [2.24, 2.45) is 0 Å². The molecule has 0 fully saturated rings. The molecule has 0 heterocycles. The van der Waals surface area contributed by atoms with E-state index in [1.165, 1.54) is 10.8 Å². The maximum Gasteiger partial charge on any atom is 0.336 e. The predicted molar refractivity (Wildman–Crippen MR) is 121 cm³/mol. The smallest absolute Gasteiger partial charge is 0.336 e. The highest BCUT2D eigenvalue weighted by atomic mass is 16.5. The molecule has 142 valence electrons. The van der Waals surface area contributed by atoms with Crippen LogP contribution in [0.3, 0.4) is 0 Å². The van der Waals surface area contributed by atoms with Gasteiger partial charge in [-0.2, -0.15) is 0 Å². The Morgan fingerprint density at radius 3 is 2.07 bits per heavy atom. The minimum absolute atomic E-state index is 0.102. The molecule has 0 unspecified atom stereocenters. The number of allylic oxidation sites excluding steroid dienone is 1. The molecule has 0 aliphatic rings. The summed E-state index contributed by atoms with van der Waals surface area (Å²) in [4.78, 5) is 12.7. The van der Waals surface area contributed by atoms with Crippen molar-refractivity contribution in [2.75, 3.05) is 7.11 Å². The highest BCUT2D eigenvalue weighted by molar-refractivity contribution is 6.27. The number of carbonyl (C=O) groups is 1. The quantitative estimate of drug-likeness (QED) is 0.143. The van der Waals surface area contributed by atoms with Gasteiger partial charge in [0.25, 0.3) is 0 Å². The van der Waals surface area contributed by atoms with E-state index in [2.05, 4.69) is 36.4 Å². The summed E-state index contributed by atoms with van der Waals surface area (Å²) in [6.07, 6.45) is 1.56. The van der Waals surface area contributed by atoms with E-state index in [-0.39, 0.29) is 5.78 Å². The fourth-order valence-corrected chi connectivity index (χ4v) is 3.41. The summed E-state index contributed by atoms with van der Waals surface area (Å²) in [6, 6.07) is 25.9. The predicted octanol–water partition coefficient (Wildman–Crippen LogP) is 5.64. The molecule has 4 aromatic rings. The van der Waals surface area contributed by atoms with Crippen molar-refractivity contribution in [1.82, 2.24) is 0 Å². The number of hydrogen-bond acceptors (Lipinski definition) is 3. The van der Waals surface area contributed by atoms with Crippen molar-refractivity contribution in [3.8, 4) is 5.75 Å². The van der Waals surface area contributed by atoms with Crippen molar-refractivity contribution in [3.05, 3.63) is 96.1 Å². The average Bonchev–Trinajstić information content (AvgIpc) is 2.77. The van der Waals surface area contributed by atoms with E-state index < -0.39 is 0 Å². The first kappa shape index (κ1) is 18.8. The minimum atomic E-state index is -0.102. The fourth-order valence-electron chi connectivity index (χ4n) is 3.41. The van der Waals surface area contributed by atoms with Gasteiger partial charge in [0.1, 0.15) is 11.5 Å². The zero-order valence-electron chi connectivity index (χ0n) is 16.5. The fraction of sp³-hybridized carbons (Fsp3) is 0.0800. The Bertz CT molecular complexity index is 1210. The first-order valence-corrected chi connectivity index (χ1v) is 9.64. The van der Waals surface area contributed by atoms with Crippen molar-refractivity contribution in [2.45, 2.75) is 6.82 Å². The standard InChI is InChI=1S/C25H21BO3/c1-26-29-25(16-24(27)17-9-11-23(28-2)12-10-17)21-8-7-20-13-18-5-3-4-6-19(18)14-22(20)15-21/h3-16,26H,1-2H3/b25-16-. The van der Waals surface area contributed by atoms with Crippen LogP contribution in [0.2, 0.25) is 6.82 Å². The van der Waals surface area contributed by atoms with E-state index in [9.17, 15) is 4.79 Å². The Kier molecular flexibility index (Phi) is 5.34. The van der Waals surface area contributed by atoms with Gasteiger partial charge in [0.15, 0.2) is 5.78 Å². The topological polar surface area (TPSA) is 35.5 Å². The van der Waals surface area contributed by atoms with Crippen molar-refractivity contribution in [3.63, 3.8) is 0 Å². The number of methoxy groups -OCH3 is 1. The molecule has 4 aromatic carbocycles. The van der Waals surface area contributed by atoms with Gasteiger partial charge in [-0.05, 0) is 64.0 Å². The summed E-state index contributed by atoms with van der Waals surface area (Å²) in [5, 5.41) is 4.67. The highest BCUT2D eigenvalue weighted by Crippen LogP contribution is 2.27. The monoisotopic (exact) mass is 380 g/mol. The Hall–Kier alpha value is -3.53. The third-order valence-corrected chi connectivity index (χ3v) is 4.93. The molecular weight excluding hydrogens is 359 g/mol. The van der Waals surface area contributed by atoms with Crippen LogP contribution < -0.4 is 4.74 Å². The molecule has 0 spiro atoms. The van der Waals surface area contributed by atoms with E-state index in [0.29, 0.717) is 18.8 Å². The molecule has 29 heavy (non-hydrogen) atoms. The number of carbonyl (C=O) groups excluding carboxylic acids is 1. The van der Waals surface area contributed by atoms with Gasteiger partial charge >= 0.3 is 7.48 Å². The summed E-state index contributed by atoms with van der Waals surface area (Å²) in [6.45, 7) is 1.92. The average molecular weight is 380 g/mol. The molecular formula is C25H21BO3. The van der Waals surface area contributed by atoms with Crippen LogP contribution in [0, 0.1) is 0 Å². The van der Waals surface area contributed by atoms with E-state index >= 15 is 0 Å². The summed E-state index contributed by atoms with van der Waals surface area (Å²) >= 11 is 0. The summed E-state index contributed by atoms with van der Waals surface area (Å²) in [5.74, 6) is 1.19. The molecule has 0 aromatic heterocycles. The van der Waals surface area contributed by atoms with E-state index in [1.807, 2.05) is 25.0 Å². The number of benzene rings is 4. The third kappa shape index (κ3) is 4.02. The number of rotatable bonds is 6. The van der Waals surface area contributed by atoms with Crippen molar-refractivity contribution < 1.29 is 14.2 Å². The molecule has 0 atom stereocenters. The van der Waals surface area contributed by atoms with Gasteiger partial charge < -0.3 is 9.39 Å². The maximum absolute atomic E-state index is 12.7. The molecule has 0 aliphatic heterocycles. The third-order valence-electron chi connectivity index (χ3n) is 4.93. The first-order chi connectivity index (χ1) is 14.2. The lowest BCUT2D eigenvalue weighted by atomic mass is 9.99. The lowest BCUT2D eigenvalue weighted by Gasteiger charge is -2.11. The van der Waals surface area contributed by atoms with Crippen molar-refractivity contribution >= 4 is 40.6 Å². The Morgan fingerprint density at radius 1 is 0.793 bits per heavy atom. The first-order valence-electron chi connectivity index (χ1n) is 9.64. The lowest BCUT2D eigenvalue weighted by molar-refractivity contribution is 0.104. The molecule has 4 heteroatoms. The van der Waals surface area contributed by atoms with Crippen LogP contribution in [0.15, 0.2) is 84.9 Å². The Morgan fingerprint density at radius 2 is 1.41 bits per heavy atom. The van der Waals surface area contributed by atoms with Gasteiger partial charge in [-0.3, -0.25) is 4.79 Å². The number of hydrogen-bond donors (Lipinski definition) is 0. The van der Waals surface area contributed by atoms with E-state index in [4.69, 9.17) is 9.39 Å². The summed E-state index contributed by atoms with van der Waals surface area (Å²) in [7, 11) is 2.09. The minimum Gasteiger partial charge on any atom is -0.564 e. The molecule has 0 bridgehead atoms. The van der Waals surface area contributed by atoms with Gasteiger partial charge in [0, 0.05) is 17.2 Å². The lowest BCUT2D eigenvalue weighted by Crippen LogP contribution is -2.01.